The van der Waals surface area contributed by atoms with Gasteiger partial charge in [-0.15, -0.1) is 0 Å². The van der Waals surface area contributed by atoms with Gasteiger partial charge in [0.25, 0.3) is 0 Å². The molecule has 0 bridgehead atoms. The van der Waals surface area contributed by atoms with Crippen LogP contribution in [0.3, 0.4) is 0 Å². The third-order valence-electron chi connectivity index (χ3n) is 4.84. The predicted octanol–water partition coefficient (Wildman–Crippen LogP) is 3.19. The van der Waals surface area contributed by atoms with E-state index in [2.05, 4.69) is 15.6 Å². The minimum atomic E-state index is -4.09. The van der Waals surface area contributed by atoms with Gasteiger partial charge < -0.3 is 20.5 Å². The van der Waals surface area contributed by atoms with E-state index in [1.807, 2.05) is 0 Å². The number of para-hydroxylation sites is 1. The van der Waals surface area contributed by atoms with Crippen LogP contribution >= 0.6 is 11.6 Å². The van der Waals surface area contributed by atoms with Crippen molar-refractivity contribution in [3.8, 4) is 0 Å². The Kier molecular flexibility index (Phi) is 5.80. The highest BCUT2D eigenvalue weighted by atomic mass is 35.5. The number of fused-ring (bicyclic) bond motifs is 1. The van der Waals surface area contributed by atoms with Crippen molar-refractivity contribution < 1.29 is 27.4 Å². The average Bonchev–Trinajstić information content (AvgIpc) is 2.75. The number of ether oxygens (including phenoxy) is 1. The van der Waals surface area contributed by atoms with Gasteiger partial charge in [-0.05, 0) is 30.3 Å². The van der Waals surface area contributed by atoms with E-state index < -0.39 is 27.1 Å². The van der Waals surface area contributed by atoms with E-state index in [-0.39, 0.29) is 40.4 Å². The Morgan fingerprint density at radius 1 is 1.29 bits per heavy atom. The summed E-state index contributed by atoms with van der Waals surface area (Å²) in [7, 11) is -4.09. The van der Waals surface area contributed by atoms with Crippen molar-refractivity contribution in [2.24, 2.45) is 0 Å². The zero-order valence-corrected chi connectivity index (χ0v) is 17.5. The van der Waals surface area contributed by atoms with E-state index >= 15 is 0 Å². The highest BCUT2D eigenvalue weighted by Crippen LogP contribution is 2.37. The minimum Gasteiger partial charge on any atom is -0.478 e. The molecule has 1 atom stereocenters. The highest BCUT2D eigenvalue weighted by Gasteiger charge is 2.33. The summed E-state index contributed by atoms with van der Waals surface area (Å²) in [5.74, 6) is -2.23. The van der Waals surface area contributed by atoms with Crippen LogP contribution in [-0.2, 0) is 14.6 Å². The molecular weight excluding hydrogens is 449 g/mol. The summed E-state index contributed by atoms with van der Waals surface area (Å²) in [6, 6.07) is 8.18. The molecule has 0 saturated carbocycles. The molecule has 8 nitrogen and oxygen atoms in total. The Morgan fingerprint density at radius 3 is 2.81 bits per heavy atom. The molecule has 3 aromatic rings. The van der Waals surface area contributed by atoms with Gasteiger partial charge in [0.2, 0.25) is 9.84 Å². The first kappa shape index (κ1) is 21.4. The molecule has 3 N–H and O–H groups in total. The highest BCUT2D eigenvalue weighted by molar-refractivity contribution is 7.92. The molecule has 1 unspecified atom stereocenters. The van der Waals surface area contributed by atoms with Crippen LogP contribution in [0.5, 0.6) is 0 Å². The van der Waals surface area contributed by atoms with Gasteiger partial charge in [-0.1, -0.05) is 17.7 Å². The zero-order valence-electron chi connectivity index (χ0n) is 15.9. The van der Waals surface area contributed by atoms with Crippen molar-refractivity contribution in [1.82, 2.24) is 10.3 Å². The second-order valence-corrected chi connectivity index (χ2v) is 9.29. The second-order valence-electron chi connectivity index (χ2n) is 6.80. The van der Waals surface area contributed by atoms with Gasteiger partial charge in [-0.3, -0.25) is 4.98 Å². The molecular formula is C20H17ClFN3O5S. The number of carboxylic acid groups (broad SMARTS) is 1. The summed E-state index contributed by atoms with van der Waals surface area (Å²) in [6.45, 7) is 0.783. The predicted molar refractivity (Wildman–Crippen MR) is 113 cm³/mol. The largest absolute Gasteiger partial charge is 0.478 e. The lowest BCUT2D eigenvalue weighted by molar-refractivity contribution is 0.0697. The number of morpholine rings is 1. The Labute approximate surface area is 181 Å². The number of pyridine rings is 1. The lowest BCUT2D eigenvalue weighted by Gasteiger charge is -2.25. The minimum absolute atomic E-state index is 0.0331. The van der Waals surface area contributed by atoms with Gasteiger partial charge in [0.1, 0.15) is 10.7 Å². The Balaban J connectivity index is 1.96. The van der Waals surface area contributed by atoms with Crippen LogP contribution in [-0.4, -0.2) is 49.6 Å². The number of nitrogens with one attached hydrogen (secondary N) is 2. The topological polar surface area (TPSA) is 118 Å². The average molecular weight is 466 g/mol. The monoisotopic (exact) mass is 465 g/mol. The number of rotatable bonds is 5. The number of halogens is 2. The van der Waals surface area contributed by atoms with Crippen molar-refractivity contribution in [1.29, 1.82) is 0 Å². The lowest BCUT2D eigenvalue weighted by atomic mass is 10.1. The first-order valence-electron chi connectivity index (χ1n) is 9.22. The van der Waals surface area contributed by atoms with Crippen molar-refractivity contribution in [3.63, 3.8) is 0 Å². The van der Waals surface area contributed by atoms with E-state index in [1.54, 1.807) is 12.1 Å². The third kappa shape index (κ3) is 4.07. The molecule has 1 aromatic heterocycles. The lowest BCUT2D eigenvalue weighted by Crippen LogP contribution is -2.43. The van der Waals surface area contributed by atoms with Crippen LogP contribution in [0.1, 0.15) is 10.4 Å². The number of hydrogen-bond acceptors (Lipinski definition) is 7. The normalized spacial score (nSPS) is 16.9. The van der Waals surface area contributed by atoms with Gasteiger partial charge in [-0.2, -0.15) is 0 Å². The maximum Gasteiger partial charge on any atom is 0.337 e. The van der Waals surface area contributed by atoms with Gasteiger partial charge >= 0.3 is 5.97 Å². The van der Waals surface area contributed by atoms with E-state index in [0.717, 1.165) is 12.3 Å². The van der Waals surface area contributed by atoms with Crippen LogP contribution in [0.25, 0.3) is 10.9 Å². The summed E-state index contributed by atoms with van der Waals surface area (Å²) in [6.07, 6.45) is 1.15. The van der Waals surface area contributed by atoms with Crippen molar-refractivity contribution >= 4 is 49.7 Å². The molecule has 31 heavy (non-hydrogen) atoms. The number of sulfone groups is 1. The molecule has 4 rings (SSSR count). The van der Waals surface area contributed by atoms with E-state index in [1.165, 1.54) is 18.2 Å². The number of hydrogen-bond donors (Lipinski definition) is 3. The SMILES string of the molecule is O=C(O)c1cccc(F)c1Nc1c(S(=O)(=O)C2CNCCO2)cnc2ccc(Cl)cc12. The summed E-state index contributed by atoms with van der Waals surface area (Å²) in [5.41, 5.74) is -1.55. The maximum atomic E-state index is 14.6. The van der Waals surface area contributed by atoms with Crippen LogP contribution in [0, 0.1) is 5.82 Å². The fraction of sp³-hybridized carbons (Fsp3) is 0.200. The molecule has 1 aliphatic heterocycles. The fourth-order valence-corrected chi connectivity index (χ4v) is 5.04. The van der Waals surface area contributed by atoms with E-state index in [9.17, 15) is 22.7 Å². The quantitative estimate of drug-likeness (QED) is 0.526. The number of nitrogens with zero attached hydrogens (tertiary/aromatic N) is 1. The second kappa shape index (κ2) is 8.39. The van der Waals surface area contributed by atoms with Crippen LogP contribution in [0.15, 0.2) is 47.5 Å². The smallest absolute Gasteiger partial charge is 0.337 e. The summed E-state index contributed by atoms with van der Waals surface area (Å²) < 4.78 is 46.7. The molecule has 0 radical (unpaired) electrons. The molecule has 2 heterocycles. The molecule has 1 fully saturated rings. The number of carboxylic acids is 1. The summed E-state index contributed by atoms with van der Waals surface area (Å²) >= 11 is 6.11. The zero-order chi connectivity index (χ0) is 22.2. The first-order chi connectivity index (χ1) is 14.8. The molecule has 2 aromatic carbocycles. The van der Waals surface area contributed by atoms with E-state index in [4.69, 9.17) is 16.3 Å². The summed E-state index contributed by atoms with van der Waals surface area (Å²) in [5, 5.41) is 15.7. The van der Waals surface area contributed by atoms with Gasteiger partial charge in [0.05, 0.1) is 29.1 Å². The molecule has 0 spiro atoms. The van der Waals surface area contributed by atoms with Gasteiger partial charge in [0.15, 0.2) is 5.44 Å². The number of aromatic nitrogens is 1. The molecule has 0 aliphatic carbocycles. The van der Waals surface area contributed by atoms with Crippen molar-refractivity contribution in [2.75, 3.05) is 25.0 Å². The molecule has 1 saturated heterocycles. The number of aromatic carboxylic acids is 1. The Bertz CT molecular complexity index is 1280. The Morgan fingerprint density at radius 2 is 2.10 bits per heavy atom. The number of anilines is 2. The molecule has 11 heteroatoms. The van der Waals surface area contributed by atoms with Crippen molar-refractivity contribution in [3.05, 3.63) is 59.0 Å². The van der Waals surface area contributed by atoms with Gasteiger partial charge in [0, 0.05) is 29.7 Å². The third-order valence-corrected chi connectivity index (χ3v) is 6.99. The first-order valence-corrected chi connectivity index (χ1v) is 11.1. The molecule has 1 aliphatic rings. The van der Waals surface area contributed by atoms with Crippen LogP contribution in [0.4, 0.5) is 15.8 Å². The summed E-state index contributed by atoms with van der Waals surface area (Å²) in [4.78, 5) is 15.6. The molecule has 162 valence electrons. The van der Waals surface area contributed by atoms with Crippen LogP contribution in [0.2, 0.25) is 5.02 Å². The van der Waals surface area contributed by atoms with Gasteiger partial charge in [-0.25, -0.2) is 17.6 Å². The standard InChI is InChI=1S/C20H17ClFN3O5S/c21-11-4-5-15-13(8-11)19(25-18-12(20(26)27)2-1-3-14(18)22)16(9-24-15)31(28,29)17-10-23-6-7-30-17/h1-5,8-9,17,23H,6-7,10H2,(H,24,25)(H,26,27). The fourth-order valence-electron chi connectivity index (χ4n) is 3.33. The van der Waals surface area contributed by atoms with E-state index in [0.29, 0.717) is 17.1 Å². The number of benzene rings is 2. The van der Waals surface area contributed by atoms with Crippen LogP contribution < -0.4 is 10.6 Å². The molecule has 0 amide bonds. The maximum absolute atomic E-state index is 14.6. The number of carbonyl (C=O) groups is 1. The van der Waals surface area contributed by atoms with Crippen molar-refractivity contribution in [2.45, 2.75) is 10.3 Å². The Hall–Kier alpha value is -2.79.